The number of nitrogens with one attached hydrogen (secondary N) is 1. The Hall–Kier alpha value is -3.48. The molecule has 0 radical (unpaired) electrons. The summed E-state index contributed by atoms with van der Waals surface area (Å²) in [6.45, 7) is 4.41. The zero-order valence-corrected chi connectivity index (χ0v) is 18.9. The van der Waals surface area contributed by atoms with Crippen molar-refractivity contribution >= 4 is 11.8 Å². The highest BCUT2D eigenvalue weighted by Gasteiger charge is 2.35. The smallest absolute Gasteiger partial charge is 0.273 e. The number of carbonyl (C=O) groups excluding carboxylic acids is 2. The number of amides is 2. The summed E-state index contributed by atoms with van der Waals surface area (Å²) < 4.78 is 1.87. The third-order valence-corrected chi connectivity index (χ3v) is 6.60. The van der Waals surface area contributed by atoms with E-state index in [1.807, 2.05) is 39.9 Å². The van der Waals surface area contributed by atoms with Crippen LogP contribution in [0.2, 0.25) is 0 Å². The van der Waals surface area contributed by atoms with Crippen LogP contribution in [0, 0.1) is 12.8 Å². The molecule has 0 bridgehead atoms. The van der Waals surface area contributed by atoms with E-state index in [1.54, 1.807) is 0 Å². The lowest BCUT2D eigenvalue weighted by Crippen LogP contribution is -2.32. The van der Waals surface area contributed by atoms with E-state index in [2.05, 4.69) is 46.8 Å². The van der Waals surface area contributed by atoms with Crippen molar-refractivity contribution in [2.24, 2.45) is 5.92 Å². The minimum absolute atomic E-state index is 0.106. The monoisotopic (exact) mass is 443 g/mol. The summed E-state index contributed by atoms with van der Waals surface area (Å²) >= 11 is 0. The van der Waals surface area contributed by atoms with Gasteiger partial charge in [0.15, 0.2) is 5.69 Å². The van der Waals surface area contributed by atoms with Crippen LogP contribution in [0.5, 0.6) is 0 Å². The number of rotatable bonds is 8. The van der Waals surface area contributed by atoms with Gasteiger partial charge in [-0.05, 0) is 36.5 Å². The molecule has 1 saturated carbocycles. The van der Waals surface area contributed by atoms with E-state index in [-0.39, 0.29) is 17.7 Å². The van der Waals surface area contributed by atoms with Gasteiger partial charge in [-0.2, -0.15) is 0 Å². The molecule has 1 aliphatic heterocycles. The Morgan fingerprint density at radius 3 is 2.58 bits per heavy atom. The van der Waals surface area contributed by atoms with Crippen molar-refractivity contribution in [1.29, 1.82) is 0 Å². The van der Waals surface area contributed by atoms with E-state index in [1.165, 1.54) is 11.1 Å². The Kier molecular flexibility index (Phi) is 5.94. The van der Waals surface area contributed by atoms with E-state index in [9.17, 15) is 9.59 Å². The number of benzene rings is 2. The highest BCUT2D eigenvalue weighted by molar-refractivity contribution is 5.93. The average Bonchev–Trinajstić information content (AvgIpc) is 3.48. The van der Waals surface area contributed by atoms with Gasteiger partial charge in [0.1, 0.15) is 0 Å². The maximum absolute atomic E-state index is 13.0. The highest BCUT2D eigenvalue weighted by atomic mass is 16.2. The fourth-order valence-corrected chi connectivity index (χ4v) is 4.57. The third-order valence-electron chi connectivity index (χ3n) is 6.60. The predicted molar refractivity (Wildman–Crippen MR) is 125 cm³/mol. The molecule has 2 heterocycles. The van der Waals surface area contributed by atoms with Gasteiger partial charge < -0.3 is 10.2 Å². The zero-order chi connectivity index (χ0) is 22.8. The average molecular weight is 444 g/mol. The van der Waals surface area contributed by atoms with Gasteiger partial charge in [0.2, 0.25) is 5.91 Å². The number of nitrogens with zero attached hydrogens (tertiary/aromatic N) is 4. The first kappa shape index (κ1) is 21.4. The number of likely N-dealkylation sites (tertiary alicyclic amines) is 1. The predicted octanol–water partition coefficient (Wildman–Crippen LogP) is 3.29. The number of carbonyl (C=O) groups is 2. The van der Waals surface area contributed by atoms with Crippen LogP contribution in [0.4, 0.5) is 0 Å². The Morgan fingerprint density at radius 2 is 1.82 bits per heavy atom. The van der Waals surface area contributed by atoms with Crippen LogP contribution in [0.3, 0.4) is 0 Å². The molecular weight excluding hydrogens is 414 g/mol. The largest absolute Gasteiger partial charge is 0.350 e. The van der Waals surface area contributed by atoms with E-state index in [0.29, 0.717) is 44.2 Å². The molecule has 2 aliphatic rings. The molecule has 2 amide bonds. The number of hydrogen-bond donors (Lipinski definition) is 1. The van der Waals surface area contributed by atoms with Crippen molar-refractivity contribution < 1.29 is 9.59 Å². The molecule has 2 aromatic carbocycles. The minimum Gasteiger partial charge on any atom is -0.350 e. The Balaban J connectivity index is 1.21. The van der Waals surface area contributed by atoms with E-state index in [4.69, 9.17) is 0 Å². The maximum Gasteiger partial charge on any atom is 0.273 e. The minimum atomic E-state index is -0.194. The zero-order valence-electron chi connectivity index (χ0n) is 18.9. The molecule has 170 valence electrons. The molecule has 1 aromatic heterocycles. The number of aryl methyl sites for hydroxylation is 1. The van der Waals surface area contributed by atoms with Crippen molar-refractivity contribution in [3.05, 3.63) is 82.7 Å². The molecular formula is C26H29N5O2. The molecule has 1 atom stereocenters. The van der Waals surface area contributed by atoms with Crippen molar-refractivity contribution in [3.8, 4) is 0 Å². The van der Waals surface area contributed by atoms with Gasteiger partial charge >= 0.3 is 0 Å². The highest BCUT2D eigenvalue weighted by Crippen LogP contribution is 2.41. The third kappa shape index (κ3) is 4.82. The van der Waals surface area contributed by atoms with Gasteiger partial charge in [0, 0.05) is 37.9 Å². The van der Waals surface area contributed by atoms with Crippen LogP contribution >= 0.6 is 0 Å². The van der Waals surface area contributed by atoms with Crippen molar-refractivity contribution in [3.63, 3.8) is 0 Å². The van der Waals surface area contributed by atoms with E-state index in [0.717, 1.165) is 24.1 Å². The summed E-state index contributed by atoms with van der Waals surface area (Å²) in [5.41, 5.74) is 4.84. The fraction of sp³-hybridized carbons (Fsp3) is 0.385. The summed E-state index contributed by atoms with van der Waals surface area (Å²) in [4.78, 5) is 27.4. The second-order valence-electron chi connectivity index (χ2n) is 9.22. The summed E-state index contributed by atoms with van der Waals surface area (Å²) in [7, 11) is 0. The normalized spacial score (nSPS) is 18.0. The molecule has 5 rings (SSSR count). The maximum atomic E-state index is 13.0. The van der Waals surface area contributed by atoms with Crippen LogP contribution < -0.4 is 5.32 Å². The van der Waals surface area contributed by atoms with Crippen LogP contribution in [0.15, 0.2) is 54.6 Å². The lowest BCUT2D eigenvalue weighted by Gasteiger charge is -2.18. The van der Waals surface area contributed by atoms with Crippen LogP contribution in [-0.4, -0.2) is 44.8 Å². The quantitative estimate of drug-likeness (QED) is 0.579. The van der Waals surface area contributed by atoms with Gasteiger partial charge in [-0.3, -0.25) is 9.59 Å². The van der Waals surface area contributed by atoms with Crippen LogP contribution in [-0.2, 0) is 17.9 Å². The van der Waals surface area contributed by atoms with Crippen molar-refractivity contribution in [1.82, 2.24) is 25.2 Å². The molecule has 3 aromatic rings. The molecule has 1 N–H and O–H groups in total. The summed E-state index contributed by atoms with van der Waals surface area (Å²) in [5, 5.41) is 11.6. The van der Waals surface area contributed by atoms with Gasteiger partial charge in [0.25, 0.3) is 5.91 Å². The number of hydrogen-bond acceptors (Lipinski definition) is 4. The van der Waals surface area contributed by atoms with Crippen molar-refractivity contribution in [2.45, 2.75) is 45.2 Å². The molecule has 7 nitrogen and oxygen atoms in total. The Morgan fingerprint density at radius 1 is 1.06 bits per heavy atom. The fourth-order valence-electron chi connectivity index (χ4n) is 4.57. The Bertz CT molecular complexity index is 1150. The van der Waals surface area contributed by atoms with Gasteiger partial charge in [-0.1, -0.05) is 59.8 Å². The van der Waals surface area contributed by atoms with Crippen molar-refractivity contribution in [2.75, 3.05) is 13.1 Å². The summed E-state index contributed by atoms with van der Waals surface area (Å²) in [6, 6.07) is 18.2. The van der Waals surface area contributed by atoms with Gasteiger partial charge in [0.05, 0.1) is 12.2 Å². The molecule has 1 unspecified atom stereocenters. The second-order valence-corrected chi connectivity index (χ2v) is 9.22. The van der Waals surface area contributed by atoms with Crippen LogP contribution in [0.1, 0.15) is 58.1 Å². The second kappa shape index (κ2) is 9.17. The SMILES string of the molecule is Cc1ccccc1CN1CC(CNC(=O)c2nnn(Cc3ccccc3)c2C2CC2)CC1=O. The topological polar surface area (TPSA) is 80.1 Å². The first-order chi connectivity index (χ1) is 16.1. The van der Waals surface area contributed by atoms with E-state index >= 15 is 0 Å². The first-order valence-corrected chi connectivity index (χ1v) is 11.7. The van der Waals surface area contributed by atoms with Gasteiger partial charge in [-0.25, -0.2) is 4.68 Å². The number of aromatic nitrogens is 3. The molecule has 1 saturated heterocycles. The first-order valence-electron chi connectivity index (χ1n) is 11.7. The Labute approximate surface area is 193 Å². The molecule has 0 spiro atoms. The molecule has 1 aliphatic carbocycles. The summed E-state index contributed by atoms with van der Waals surface area (Å²) in [6.07, 6.45) is 2.59. The molecule has 2 fully saturated rings. The molecule has 7 heteroatoms. The lowest BCUT2D eigenvalue weighted by molar-refractivity contribution is -0.128. The van der Waals surface area contributed by atoms with Gasteiger partial charge in [-0.15, -0.1) is 5.10 Å². The van der Waals surface area contributed by atoms with Crippen LogP contribution in [0.25, 0.3) is 0 Å². The lowest BCUT2D eigenvalue weighted by atomic mass is 10.1. The standard InChI is InChI=1S/C26H29N5O2/c1-18-7-5-6-10-22(18)17-30-15-20(13-23(30)32)14-27-26(33)24-25(21-11-12-21)31(29-28-24)16-19-8-3-2-4-9-19/h2-10,20-21H,11-17H2,1H3,(H,27,33). The summed E-state index contributed by atoms with van der Waals surface area (Å²) in [5.74, 6) is 0.405. The molecule has 33 heavy (non-hydrogen) atoms. The van der Waals surface area contributed by atoms with E-state index < -0.39 is 0 Å².